The van der Waals surface area contributed by atoms with Crippen LogP contribution in [0.4, 0.5) is 71.5 Å². The zero-order valence-electron chi connectivity index (χ0n) is 50.6. The summed E-state index contributed by atoms with van der Waals surface area (Å²) < 4.78 is 220. The summed E-state index contributed by atoms with van der Waals surface area (Å²) in [6.07, 6.45) is -23.6. The van der Waals surface area contributed by atoms with Gasteiger partial charge >= 0.3 is 30.9 Å². The molecule has 0 spiro atoms. The molecule has 0 N–H and O–H groups in total. The van der Waals surface area contributed by atoms with Crippen molar-refractivity contribution in [2.75, 3.05) is 0 Å². The van der Waals surface area contributed by atoms with E-state index in [0.717, 1.165) is 60.7 Å². The fourth-order valence-electron chi connectivity index (χ4n) is 13.0. The van der Waals surface area contributed by atoms with Crippen molar-refractivity contribution in [3.8, 4) is 78.1 Å². The van der Waals surface area contributed by atoms with Gasteiger partial charge in [-0.25, -0.2) is 4.85 Å². The number of nitrogens with zero attached hydrogens (tertiary/aromatic N) is 3. The molecule has 0 saturated carbocycles. The minimum Gasteiger partial charge on any atom is -0.309 e. The fraction of sp³-hybridized carbons (Fsp3) is 0.130. The molecule has 476 valence electrons. The van der Waals surface area contributed by atoms with Crippen LogP contribution in [0, 0.1) is 41.2 Å². The van der Waals surface area contributed by atoms with Crippen LogP contribution >= 0.6 is 0 Å². The smallest absolute Gasteiger partial charge is 0.309 e. The minimum absolute atomic E-state index is 0.111. The SMILES string of the molecule is [C-]#[N+]c1ccc(-n2c3ccc(-c4cc(C)cc(C(F)(F)F)c4)cc3c3cc(-c4cc(C)cc(C(F)(F)F)c4)ccc32)c(-c2cc(-c3ccc(C(F)(F)F)cc3C)ccc2-n2c3ccc(-c4cc(C)cc(C(F)(F)F)c4)cc3c3cc(-c4cc(C)cc(C(F)(F)F)c4)ccc32)c1. The van der Waals surface area contributed by atoms with E-state index in [0.29, 0.717) is 122 Å². The molecule has 2 heterocycles. The summed E-state index contributed by atoms with van der Waals surface area (Å²) in [6.45, 7) is 16.0. The van der Waals surface area contributed by atoms with Gasteiger partial charge < -0.3 is 9.13 Å². The number of aryl methyl sites for hydroxylation is 5. The second-order valence-corrected chi connectivity index (χ2v) is 24.0. The van der Waals surface area contributed by atoms with Crippen molar-refractivity contribution in [2.24, 2.45) is 0 Å². The Morgan fingerprint density at radius 1 is 0.263 bits per heavy atom. The molecule has 11 aromatic carbocycles. The Balaban J connectivity index is 1.12. The molecule has 0 aliphatic carbocycles. The molecule has 18 heteroatoms. The number of halogens is 15. The summed E-state index contributed by atoms with van der Waals surface area (Å²) in [4.78, 5) is 3.83. The van der Waals surface area contributed by atoms with Crippen LogP contribution in [0.25, 0.3) is 127 Å². The molecule has 13 aromatic rings. The molecular formula is C77H48F15N3. The van der Waals surface area contributed by atoms with E-state index in [1.165, 1.54) is 40.7 Å². The van der Waals surface area contributed by atoms with Crippen molar-refractivity contribution in [3.63, 3.8) is 0 Å². The quantitative estimate of drug-likeness (QED) is 0.106. The Bertz CT molecular complexity index is 5130. The van der Waals surface area contributed by atoms with Crippen LogP contribution in [0.2, 0.25) is 0 Å². The molecule has 95 heavy (non-hydrogen) atoms. The summed E-state index contributed by atoms with van der Waals surface area (Å²) in [5, 5.41) is 1.80. The molecule has 2 aromatic heterocycles. The Labute approximate surface area is 533 Å². The number of benzene rings is 11. The van der Waals surface area contributed by atoms with Gasteiger partial charge in [0.05, 0.1) is 67.8 Å². The van der Waals surface area contributed by atoms with Crippen molar-refractivity contribution in [3.05, 3.63) is 267 Å². The predicted octanol–water partition coefficient (Wildman–Crippen LogP) is 25.1. The first-order valence-electron chi connectivity index (χ1n) is 29.5. The Morgan fingerprint density at radius 3 is 0.874 bits per heavy atom. The van der Waals surface area contributed by atoms with Crippen LogP contribution in [0.5, 0.6) is 0 Å². The van der Waals surface area contributed by atoms with Gasteiger partial charge in [-0.05, 0) is 257 Å². The van der Waals surface area contributed by atoms with Gasteiger partial charge in [0.15, 0.2) is 5.69 Å². The van der Waals surface area contributed by atoms with Crippen LogP contribution in [-0.4, -0.2) is 9.13 Å². The van der Waals surface area contributed by atoms with Gasteiger partial charge in [-0.3, -0.25) is 0 Å². The number of fused-ring (bicyclic) bond motifs is 6. The van der Waals surface area contributed by atoms with E-state index in [1.807, 2.05) is 9.13 Å². The van der Waals surface area contributed by atoms with Crippen LogP contribution < -0.4 is 0 Å². The van der Waals surface area contributed by atoms with E-state index in [-0.39, 0.29) is 33.5 Å². The number of aromatic nitrogens is 2. The standard InChI is InChI=1S/C77H48F15N3/c1-40-21-50(30-55(25-40)74(81,82)83)45-7-15-67-61(34-45)62-35-46(51-22-41(2)26-56(31-51)75(84,85)86)8-16-68(62)94(67)71-19-11-49(60-14-12-54(29-44(60)5)73(78,79)80)38-65(71)66-39-59(93-6)13-20-72(66)95-69-17-9-47(52-23-42(3)27-57(32-52)76(87,88)89)36-63(69)64-37-48(10-18-70(64)95)53-24-43(4)28-58(33-53)77(90,91)92/h7-39H,1-5H3. The number of hydrogen-bond acceptors (Lipinski definition) is 0. The van der Waals surface area contributed by atoms with Crippen LogP contribution in [0.1, 0.15) is 55.6 Å². The van der Waals surface area contributed by atoms with Gasteiger partial charge in [0, 0.05) is 27.1 Å². The second kappa shape index (κ2) is 22.6. The van der Waals surface area contributed by atoms with E-state index < -0.39 is 58.7 Å². The Kier molecular flexibility index (Phi) is 15.0. The molecule has 0 radical (unpaired) electrons. The zero-order chi connectivity index (χ0) is 67.7. The van der Waals surface area contributed by atoms with Crippen molar-refractivity contribution in [1.82, 2.24) is 9.13 Å². The fourth-order valence-corrected chi connectivity index (χ4v) is 13.0. The topological polar surface area (TPSA) is 14.2 Å². The third kappa shape index (κ3) is 11.8. The second-order valence-electron chi connectivity index (χ2n) is 24.0. The average molecular weight is 1300 g/mol. The van der Waals surface area contributed by atoms with Crippen LogP contribution in [0.15, 0.2) is 200 Å². The van der Waals surface area contributed by atoms with Gasteiger partial charge in [-0.1, -0.05) is 66.7 Å². The van der Waals surface area contributed by atoms with Crippen molar-refractivity contribution >= 4 is 49.3 Å². The highest BCUT2D eigenvalue weighted by Gasteiger charge is 2.36. The summed E-state index contributed by atoms with van der Waals surface area (Å²) in [6, 6.07) is 47.9. The zero-order valence-corrected chi connectivity index (χ0v) is 50.6. The first-order chi connectivity index (χ1) is 44.7. The monoisotopic (exact) mass is 1300 g/mol. The molecule has 0 aliphatic rings. The molecule has 0 fully saturated rings. The van der Waals surface area contributed by atoms with Crippen LogP contribution in [0.3, 0.4) is 0 Å². The van der Waals surface area contributed by atoms with Gasteiger partial charge in [0.2, 0.25) is 0 Å². The first-order valence-corrected chi connectivity index (χ1v) is 29.5. The highest BCUT2D eigenvalue weighted by molar-refractivity contribution is 6.14. The third-order valence-electron chi connectivity index (χ3n) is 17.2. The van der Waals surface area contributed by atoms with E-state index in [4.69, 9.17) is 6.57 Å². The maximum Gasteiger partial charge on any atom is 0.416 e. The Morgan fingerprint density at radius 2 is 0.568 bits per heavy atom. The highest BCUT2D eigenvalue weighted by Crippen LogP contribution is 2.48. The molecule has 0 atom stereocenters. The van der Waals surface area contributed by atoms with Gasteiger partial charge in [-0.15, -0.1) is 0 Å². The van der Waals surface area contributed by atoms with E-state index in [2.05, 4.69) is 4.85 Å². The predicted molar refractivity (Wildman–Crippen MR) is 343 cm³/mol. The van der Waals surface area contributed by atoms with E-state index in [9.17, 15) is 65.9 Å². The largest absolute Gasteiger partial charge is 0.416 e. The summed E-state index contributed by atoms with van der Waals surface area (Å²) in [5.41, 5.74) is 3.38. The van der Waals surface area contributed by atoms with E-state index in [1.54, 1.807) is 133 Å². The lowest BCUT2D eigenvalue weighted by molar-refractivity contribution is -0.138. The van der Waals surface area contributed by atoms with Crippen molar-refractivity contribution < 1.29 is 65.9 Å². The normalized spacial score (nSPS) is 12.6. The van der Waals surface area contributed by atoms with Crippen LogP contribution in [-0.2, 0) is 30.9 Å². The summed E-state index contributed by atoms with van der Waals surface area (Å²) in [5.74, 6) is 0. The number of hydrogen-bond donors (Lipinski definition) is 0. The lowest BCUT2D eigenvalue weighted by atomic mass is 9.92. The highest BCUT2D eigenvalue weighted by atomic mass is 19.4. The maximum atomic E-state index is 14.4. The summed E-state index contributed by atoms with van der Waals surface area (Å²) in [7, 11) is 0. The van der Waals surface area contributed by atoms with Gasteiger partial charge in [0.1, 0.15) is 0 Å². The third-order valence-corrected chi connectivity index (χ3v) is 17.2. The van der Waals surface area contributed by atoms with Gasteiger partial charge in [-0.2, -0.15) is 65.9 Å². The molecule has 0 bridgehead atoms. The first kappa shape index (κ1) is 63.2. The number of alkyl halides is 15. The molecule has 0 saturated heterocycles. The lowest BCUT2D eigenvalue weighted by Gasteiger charge is -2.21. The molecule has 0 amide bonds. The van der Waals surface area contributed by atoms with E-state index >= 15 is 0 Å². The minimum atomic E-state index is -4.72. The number of rotatable bonds is 8. The molecule has 13 rings (SSSR count). The Hall–Kier alpha value is -10.5. The summed E-state index contributed by atoms with van der Waals surface area (Å²) >= 11 is 0. The molecular weight excluding hydrogens is 1250 g/mol. The van der Waals surface area contributed by atoms with Gasteiger partial charge in [0.25, 0.3) is 0 Å². The molecule has 0 aliphatic heterocycles. The average Bonchev–Trinajstić information content (AvgIpc) is 1.59. The van der Waals surface area contributed by atoms with Crippen molar-refractivity contribution in [2.45, 2.75) is 65.5 Å². The molecule has 3 nitrogen and oxygen atoms in total. The van der Waals surface area contributed by atoms with Crippen molar-refractivity contribution in [1.29, 1.82) is 0 Å². The molecule has 0 unspecified atom stereocenters. The lowest BCUT2D eigenvalue weighted by Crippen LogP contribution is -2.05. The maximum absolute atomic E-state index is 14.4.